The van der Waals surface area contributed by atoms with Crippen LogP contribution in [0.25, 0.3) is 0 Å². The van der Waals surface area contributed by atoms with E-state index in [4.69, 9.17) is 4.74 Å². The summed E-state index contributed by atoms with van der Waals surface area (Å²) in [5.74, 6) is 1.36. The summed E-state index contributed by atoms with van der Waals surface area (Å²) in [7, 11) is 0. The summed E-state index contributed by atoms with van der Waals surface area (Å²) in [4.78, 5) is 0. The average Bonchev–Trinajstić information content (AvgIpc) is 2.51. The van der Waals surface area contributed by atoms with Crippen molar-refractivity contribution in [1.82, 2.24) is 0 Å². The Balaban J connectivity index is 1.64. The maximum Gasteiger partial charge on any atom is 0.573 e. The summed E-state index contributed by atoms with van der Waals surface area (Å²) < 4.78 is 48.7. The van der Waals surface area contributed by atoms with Crippen molar-refractivity contribution >= 4 is 0 Å². The minimum atomic E-state index is -4.72. The lowest BCUT2D eigenvalue weighted by atomic mass is 9.83. The van der Waals surface area contributed by atoms with Crippen LogP contribution in [-0.2, 0) is 6.42 Å². The number of benzene rings is 1. The van der Waals surface area contributed by atoms with Crippen LogP contribution in [0.15, 0.2) is 24.3 Å². The smallest absolute Gasteiger partial charge is 0.490 e. The number of hydrogen-bond donors (Lipinski definition) is 0. The molecule has 27 heavy (non-hydrogen) atoms. The SMILES string of the molecule is Cc1c(CC/C=C/C2CCC2)ccc(OCCC2CCC2)c1OC(F)(F)F. The van der Waals surface area contributed by atoms with Gasteiger partial charge in [0, 0.05) is 0 Å². The van der Waals surface area contributed by atoms with Gasteiger partial charge in [-0.2, -0.15) is 0 Å². The number of halogens is 3. The highest BCUT2D eigenvalue weighted by atomic mass is 19.4. The molecule has 2 aliphatic carbocycles. The Morgan fingerprint density at radius 2 is 1.85 bits per heavy atom. The van der Waals surface area contributed by atoms with E-state index in [0.29, 0.717) is 30.4 Å². The lowest BCUT2D eigenvalue weighted by molar-refractivity contribution is -0.275. The monoisotopic (exact) mass is 382 g/mol. The van der Waals surface area contributed by atoms with Gasteiger partial charge in [0.05, 0.1) is 6.61 Å². The molecule has 0 saturated heterocycles. The second-order valence-corrected chi connectivity index (χ2v) is 7.82. The van der Waals surface area contributed by atoms with Crippen LogP contribution in [0.5, 0.6) is 11.5 Å². The van der Waals surface area contributed by atoms with Crippen LogP contribution >= 0.6 is 0 Å². The largest absolute Gasteiger partial charge is 0.573 e. The first-order valence-corrected chi connectivity index (χ1v) is 10.1. The number of allylic oxidation sites excluding steroid dienone is 2. The summed E-state index contributed by atoms with van der Waals surface area (Å²) in [6.07, 6.45) is 9.53. The molecule has 0 spiro atoms. The minimum Gasteiger partial charge on any atom is -0.490 e. The van der Waals surface area contributed by atoms with E-state index in [1.807, 2.05) is 6.07 Å². The molecule has 0 N–H and O–H groups in total. The number of alkyl halides is 3. The van der Waals surface area contributed by atoms with Gasteiger partial charge in [0.15, 0.2) is 11.5 Å². The van der Waals surface area contributed by atoms with Crippen LogP contribution in [0.1, 0.15) is 62.5 Å². The van der Waals surface area contributed by atoms with Crippen LogP contribution in [0.2, 0.25) is 0 Å². The van der Waals surface area contributed by atoms with Gasteiger partial charge in [0.25, 0.3) is 0 Å². The highest BCUT2D eigenvalue weighted by molar-refractivity contribution is 5.50. The van der Waals surface area contributed by atoms with Gasteiger partial charge < -0.3 is 9.47 Å². The number of hydrogen-bond acceptors (Lipinski definition) is 2. The molecule has 150 valence electrons. The van der Waals surface area contributed by atoms with Crippen molar-refractivity contribution in [2.75, 3.05) is 6.61 Å². The van der Waals surface area contributed by atoms with E-state index in [9.17, 15) is 13.2 Å². The van der Waals surface area contributed by atoms with Crippen molar-refractivity contribution < 1.29 is 22.6 Å². The molecule has 5 heteroatoms. The Hall–Kier alpha value is -1.65. The first kappa shape index (κ1) is 20.1. The number of aryl methyl sites for hydroxylation is 1. The first-order chi connectivity index (χ1) is 12.9. The van der Waals surface area contributed by atoms with Gasteiger partial charge in [-0.05, 0) is 68.1 Å². The molecule has 0 aromatic heterocycles. The van der Waals surface area contributed by atoms with Crippen LogP contribution in [0.3, 0.4) is 0 Å². The normalized spacial score (nSPS) is 18.4. The van der Waals surface area contributed by atoms with Crippen LogP contribution in [0, 0.1) is 18.8 Å². The second kappa shape index (κ2) is 9.03. The molecular formula is C22H29F3O2. The van der Waals surface area contributed by atoms with E-state index >= 15 is 0 Å². The molecule has 0 amide bonds. The van der Waals surface area contributed by atoms with Crippen molar-refractivity contribution in [3.05, 3.63) is 35.4 Å². The molecular weight excluding hydrogens is 353 g/mol. The van der Waals surface area contributed by atoms with E-state index in [1.54, 1.807) is 13.0 Å². The van der Waals surface area contributed by atoms with Gasteiger partial charge in [0.1, 0.15) is 0 Å². The first-order valence-electron chi connectivity index (χ1n) is 10.1. The van der Waals surface area contributed by atoms with Crippen molar-refractivity contribution in [3.63, 3.8) is 0 Å². The van der Waals surface area contributed by atoms with Crippen molar-refractivity contribution in [2.45, 2.75) is 71.1 Å². The number of ether oxygens (including phenoxy) is 2. The van der Waals surface area contributed by atoms with E-state index < -0.39 is 6.36 Å². The fourth-order valence-corrected chi connectivity index (χ4v) is 3.61. The Morgan fingerprint density at radius 3 is 2.44 bits per heavy atom. The minimum absolute atomic E-state index is 0.184. The zero-order valence-electron chi connectivity index (χ0n) is 16.0. The molecule has 0 bridgehead atoms. The van der Waals surface area contributed by atoms with Crippen LogP contribution < -0.4 is 9.47 Å². The molecule has 2 saturated carbocycles. The quantitative estimate of drug-likeness (QED) is 0.440. The topological polar surface area (TPSA) is 18.5 Å². The molecule has 0 atom stereocenters. The molecule has 3 rings (SSSR count). The second-order valence-electron chi connectivity index (χ2n) is 7.82. The molecule has 1 aromatic carbocycles. The fraction of sp³-hybridized carbons (Fsp3) is 0.636. The fourth-order valence-electron chi connectivity index (χ4n) is 3.61. The molecule has 2 aliphatic rings. The van der Waals surface area contributed by atoms with Crippen molar-refractivity contribution in [1.29, 1.82) is 0 Å². The Bertz CT molecular complexity index is 644. The Labute approximate surface area is 159 Å². The summed E-state index contributed by atoms with van der Waals surface area (Å²) in [6, 6.07) is 3.49. The molecule has 1 aromatic rings. The standard InChI is InChI=1S/C22H29F3O2/c1-16-19(11-3-2-6-17-7-4-8-17)12-13-20(21(16)27-22(23,24)25)26-15-14-18-9-5-10-18/h2,6,12-13,17-18H,3-5,7-11,14-15H2,1H3/b6-2+. The van der Waals surface area contributed by atoms with Gasteiger partial charge in [-0.25, -0.2) is 0 Å². The van der Waals surface area contributed by atoms with Crippen molar-refractivity contribution in [3.8, 4) is 11.5 Å². The maximum absolute atomic E-state index is 12.9. The molecule has 2 nitrogen and oxygen atoms in total. The molecule has 0 aliphatic heterocycles. The summed E-state index contributed by atoms with van der Waals surface area (Å²) in [5, 5.41) is 0. The predicted octanol–water partition coefficient (Wildman–Crippen LogP) is 6.75. The van der Waals surface area contributed by atoms with Gasteiger partial charge in [0.2, 0.25) is 0 Å². The summed E-state index contributed by atoms with van der Waals surface area (Å²) in [6.45, 7) is 2.12. The Kier molecular flexibility index (Phi) is 6.72. The van der Waals surface area contributed by atoms with Crippen molar-refractivity contribution in [2.24, 2.45) is 11.8 Å². The molecule has 0 radical (unpaired) electrons. The van der Waals surface area contributed by atoms with E-state index in [2.05, 4.69) is 16.9 Å². The third-order valence-electron chi connectivity index (χ3n) is 5.85. The maximum atomic E-state index is 12.9. The van der Waals surface area contributed by atoms with Gasteiger partial charge in [-0.1, -0.05) is 43.9 Å². The molecule has 2 fully saturated rings. The zero-order chi connectivity index (χ0) is 19.3. The lowest BCUT2D eigenvalue weighted by Gasteiger charge is -2.25. The lowest BCUT2D eigenvalue weighted by Crippen LogP contribution is -2.19. The third-order valence-corrected chi connectivity index (χ3v) is 5.85. The summed E-state index contributed by atoms with van der Waals surface area (Å²) in [5.41, 5.74) is 1.39. The van der Waals surface area contributed by atoms with E-state index in [0.717, 1.165) is 18.4 Å². The molecule has 0 unspecified atom stereocenters. The van der Waals surface area contributed by atoms with E-state index in [1.165, 1.54) is 38.5 Å². The highest BCUT2D eigenvalue weighted by Gasteiger charge is 2.34. The third kappa shape index (κ3) is 5.91. The van der Waals surface area contributed by atoms with Crippen LogP contribution in [-0.4, -0.2) is 13.0 Å². The van der Waals surface area contributed by atoms with Crippen LogP contribution in [0.4, 0.5) is 13.2 Å². The average molecular weight is 382 g/mol. The van der Waals surface area contributed by atoms with Gasteiger partial charge in [-0.15, -0.1) is 13.2 Å². The summed E-state index contributed by atoms with van der Waals surface area (Å²) >= 11 is 0. The zero-order valence-corrected chi connectivity index (χ0v) is 16.0. The predicted molar refractivity (Wildman–Crippen MR) is 100 cm³/mol. The van der Waals surface area contributed by atoms with Gasteiger partial charge in [-0.3, -0.25) is 0 Å². The van der Waals surface area contributed by atoms with Gasteiger partial charge >= 0.3 is 6.36 Å². The number of rotatable bonds is 9. The Morgan fingerprint density at radius 1 is 1.11 bits per heavy atom. The highest BCUT2D eigenvalue weighted by Crippen LogP contribution is 2.38. The van der Waals surface area contributed by atoms with E-state index in [-0.39, 0.29) is 11.5 Å². The molecule has 0 heterocycles.